The summed E-state index contributed by atoms with van der Waals surface area (Å²) in [4.78, 5) is 18.8. The fourth-order valence-corrected chi connectivity index (χ4v) is 3.35. The predicted octanol–water partition coefficient (Wildman–Crippen LogP) is 2.35. The minimum absolute atomic E-state index is 0.141. The Morgan fingerprint density at radius 3 is 2.54 bits per heavy atom. The summed E-state index contributed by atoms with van der Waals surface area (Å²) in [5.74, 6) is 0.898. The fourth-order valence-electron chi connectivity index (χ4n) is 3.35. The Hall–Kier alpha value is -2.14. The molecular formula is C19H25N3O2. The van der Waals surface area contributed by atoms with E-state index >= 15 is 0 Å². The van der Waals surface area contributed by atoms with Crippen LogP contribution in [0.1, 0.15) is 37.1 Å². The van der Waals surface area contributed by atoms with E-state index < -0.39 is 5.60 Å². The van der Waals surface area contributed by atoms with Gasteiger partial charge >= 0.3 is 0 Å². The standard InChI is InChI=1S/C19H25N3O2/c1-15(17-6-4-3-5-7-17)18(23)21-11-8-19(24,9-12-21)14-22-13-10-20-16(22)2/h3-7,10,13,15,24H,8-9,11-12,14H2,1-2H3/t15-/m0/s1. The molecule has 1 aromatic carbocycles. The number of aryl methyl sites for hydroxylation is 1. The van der Waals surface area contributed by atoms with Crippen molar-refractivity contribution in [2.45, 2.75) is 44.8 Å². The molecule has 0 bridgehead atoms. The van der Waals surface area contributed by atoms with Crippen LogP contribution < -0.4 is 0 Å². The van der Waals surface area contributed by atoms with Crippen molar-refractivity contribution in [1.82, 2.24) is 14.5 Å². The smallest absolute Gasteiger partial charge is 0.229 e. The van der Waals surface area contributed by atoms with Gasteiger partial charge in [-0.2, -0.15) is 0 Å². The van der Waals surface area contributed by atoms with Gasteiger partial charge in [-0.1, -0.05) is 30.3 Å². The zero-order chi connectivity index (χ0) is 17.2. The van der Waals surface area contributed by atoms with Crippen LogP contribution in [0.15, 0.2) is 42.7 Å². The first-order valence-corrected chi connectivity index (χ1v) is 8.52. The van der Waals surface area contributed by atoms with Crippen molar-refractivity contribution in [2.75, 3.05) is 13.1 Å². The van der Waals surface area contributed by atoms with Gasteiger partial charge in [-0.05, 0) is 32.3 Å². The van der Waals surface area contributed by atoms with Crippen LogP contribution >= 0.6 is 0 Å². The lowest BCUT2D eigenvalue weighted by Gasteiger charge is -2.39. The first-order chi connectivity index (χ1) is 11.5. The molecule has 0 spiro atoms. The van der Waals surface area contributed by atoms with E-state index in [1.165, 1.54) is 0 Å². The summed E-state index contributed by atoms with van der Waals surface area (Å²) in [6.07, 6.45) is 4.83. The van der Waals surface area contributed by atoms with Gasteiger partial charge in [0.1, 0.15) is 5.82 Å². The third-order valence-electron chi connectivity index (χ3n) is 5.06. The number of nitrogens with zero attached hydrogens (tertiary/aromatic N) is 3. The van der Waals surface area contributed by atoms with Crippen LogP contribution in [0.5, 0.6) is 0 Å². The summed E-state index contributed by atoms with van der Waals surface area (Å²) in [6, 6.07) is 9.86. The third kappa shape index (κ3) is 3.51. The van der Waals surface area contributed by atoms with Gasteiger partial charge in [0, 0.05) is 25.5 Å². The van der Waals surface area contributed by atoms with E-state index in [-0.39, 0.29) is 11.8 Å². The van der Waals surface area contributed by atoms with Gasteiger partial charge in [0.2, 0.25) is 5.91 Å². The van der Waals surface area contributed by atoms with Crippen molar-refractivity contribution in [3.05, 3.63) is 54.1 Å². The lowest BCUT2D eigenvalue weighted by molar-refractivity contribution is -0.137. The molecule has 0 saturated carbocycles. The molecule has 1 N–H and O–H groups in total. The fraction of sp³-hybridized carbons (Fsp3) is 0.474. The number of carbonyl (C=O) groups excluding carboxylic acids is 1. The molecule has 24 heavy (non-hydrogen) atoms. The Balaban J connectivity index is 1.60. The molecule has 5 heteroatoms. The number of aromatic nitrogens is 2. The predicted molar refractivity (Wildman–Crippen MR) is 92.6 cm³/mol. The molecule has 1 atom stereocenters. The SMILES string of the molecule is Cc1nccn1CC1(O)CCN(C(=O)[C@@H](C)c2ccccc2)CC1. The van der Waals surface area contributed by atoms with Crippen molar-refractivity contribution in [2.24, 2.45) is 0 Å². The minimum atomic E-state index is -0.766. The summed E-state index contributed by atoms with van der Waals surface area (Å²) in [5, 5.41) is 10.8. The number of amides is 1. The molecule has 1 amide bonds. The first kappa shape index (κ1) is 16.7. The molecule has 3 rings (SSSR count). The Morgan fingerprint density at radius 2 is 1.96 bits per heavy atom. The van der Waals surface area contributed by atoms with E-state index in [9.17, 15) is 9.90 Å². The van der Waals surface area contributed by atoms with E-state index in [0.717, 1.165) is 11.4 Å². The van der Waals surface area contributed by atoms with Crippen LogP contribution in [-0.4, -0.2) is 44.2 Å². The molecule has 128 valence electrons. The Kier molecular flexibility index (Phi) is 4.71. The van der Waals surface area contributed by atoms with Gasteiger partial charge in [-0.3, -0.25) is 4.79 Å². The highest BCUT2D eigenvalue weighted by Gasteiger charge is 2.35. The number of hydrogen-bond donors (Lipinski definition) is 1. The van der Waals surface area contributed by atoms with E-state index in [1.807, 2.05) is 59.8 Å². The van der Waals surface area contributed by atoms with E-state index in [1.54, 1.807) is 6.20 Å². The molecule has 1 aliphatic heterocycles. The van der Waals surface area contributed by atoms with Crippen molar-refractivity contribution < 1.29 is 9.90 Å². The van der Waals surface area contributed by atoms with Crippen molar-refractivity contribution in [3.8, 4) is 0 Å². The van der Waals surface area contributed by atoms with Crippen LogP contribution in [0.3, 0.4) is 0 Å². The molecule has 5 nitrogen and oxygen atoms in total. The molecule has 1 aliphatic rings. The van der Waals surface area contributed by atoms with Crippen LogP contribution in [0.2, 0.25) is 0 Å². The second-order valence-corrected chi connectivity index (χ2v) is 6.78. The van der Waals surface area contributed by atoms with Crippen molar-refractivity contribution in [1.29, 1.82) is 0 Å². The summed E-state index contributed by atoms with van der Waals surface area (Å²) in [5.41, 5.74) is 0.274. The zero-order valence-corrected chi connectivity index (χ0v) is 14.4. The Bertz CT molecular complexity index is 688. The number of aliphatic hydroxyl groups is 1. The topological polar surface area (TPSA) is 58.4 Å². The molecule has 1 aromatic heterocycles. The van der Waals surface area contributed by atoms with Gasteiger partial charge in [-0.15, -0.1) is 0 Å². The van der Waals surface area contributed by atoms with Gasteiger partial charge in [0.15, 0.2) is 0 Å². The van der Waals surface area contributed by atoms with Crippen LogP contribution in [0.25, 0.3) is 0 Å². The second-order valence-electron chi connectivity index (χ2n) is 6.78. The number of hydrogen-bond acceptors (Lipinski definition) is 3. The molecule has 0 aliphatic carbocycles. The Labute approximate surface area is 142 Å². The summed E-state index contributed by atoms with van der Waals surface area (Å²) in [7, 11) is 0. The molecule has 0 unspecified atom stereocenters. The molecule has 2 heterocycles. The maximum Gasteiger partial charge on any atom is 0.229 e. The number of carbonyl (C=O) groups is 1. The molecule has 2 aromatic rings. The van der Waals surface area contributed by atoms with Gasteiger partial charge < -0.3 is 14.6 Å². The Morgan fingerprint density at radius 1 is 1.29 bits per heavy atom. The lowest BCUT2D eigenvalue weighted by Crippen LogP contribution is -2.49. The van der Waals surface area contributed by atoms with Gasteiger partial charge in [-0.25, -0.2) is 4.98 Å². The van der Waals surface area contributed by atoms with Crippen LogP contribution in [0, 0.1) is 6.92 Å². The van der Waals surface area contributed by atoms with E-state index in [2.05, 4.69) is 4.98 Å². The quantitative estimate of drug-likeness (QED) is 0.938. The maximum absolute atomic E-state index is 12.7. The lowest BCUT2D eigenvalue weighted by atomic mass is 9.90. The molecule has 0 radical (unpaired) electrons. The molecule has 1 fully saturated rings. The summed E-state index contributed by atoms with van der Waals surface area (Å²) >= 11 is 0. The number of benzene rings is 1. The van der Waals surface area contributed by atoms with E-state index in [4.69, 9.17) is 0 Å². The van der Waals surface area contributed by atoms with Crippen molar-refractivity contribution in [3.63, 3.8) is 0 Å². The number of imidazole rings is 1. The van der Waals surface area contributed by atoms with Crippen molar-refractivity contribution >= 4 is 5.91 Å². The average molecular weight is 327 g/mol. The van der Waals surface area contributed by atoms with Gasteiger partial charge in [0.25, 0.3) is 0 Å². The highest BCUT2D eigenvalue weighted by molar-refractivity contribution is 5.83. The first-order valence-electron chi connectivity index (χ1n) is 8.52. The summed E-state index contributed by atoms with van der Waals surface area (Å²) in [6.45, 7) is 5.62. The highest BCUT2D eigenvalue weighted by Crippen LogP contribution is 2.27. The normalized spacial score (nSPS) is 18.4. The minimum Gasteiger partial charge on any atom is -0.388 e. The monoisotopic (exact) mass is 327 g/mol. The number of rotatable bonds is 4. The maximum atomic E-state index is 12.7. The second kappa shape index (κ2) is 6.77. The van der Waals surface area contributed by atoms with Crippen LogP contribution in [0.4, 0.5) is 0 Å². The molecular weight excluding hydrogens is 302 g/mol. The highest BCUT2D eigenvalue weighted by atomic mass is 16.3. The van der Waals surface area contributed by atoms with E-state index in [0.29, 0.717) is 32.5 Å². The largest absolute Gasteiger partial charge is 0.388 e. The third-order valence-corrected chi connectivity index (χ3v) is 5.06. The number of piperidine rings is 1. The van der Waals surface area contributed by atoms with Gasteiger partial charge in [0.05, 0.1) is 18.1 Å². The summed E-state index contributed by atoms with van der Waals surface area (Å²) < 4.78 is 1.98. The zero-order valence-electron chi connectivity index (χ0n) is 14.4. The van der Waals surface area contributed by atoms with Crippen LogP contribution in [-0.2, 0) is 11.3 Å². The number of likely N-dealkylation sites (tertiary alicyclic amines) is 1. The average Bonchev–Trinajstić information content (AvgIpc) is 2.99. The molecule has 1 saturated heterocycles.